The molecule has 3 rings (SSSR count). The summed E-state index contributed by atoms with van der Waals surface area (Å²) in [6.45, 7) is 0.534. The summed E-state index contributed by atoms with van der Waals surface area (Å²) in [5, 5.41) is 2.99. The Morgan fingerprint density at radius 2 is 2.05 bits per heavy atom. The van der Waals surface area contributed by atoms with Crippen LogP contribution in [0.1, 0.15) is 51.0 Å². The number of aromatic nitrogens is 2. The Labute approximate surface area is 130 Å². The summed E-state index contributed by atoms with van der Waals surface area (Å²) < 4.78 is 2.23. The maximum atomic E-state index is 12.1. The van der Waals surface area contributed by atoms with Gasteiger partial charge in [0.25, 0.3) is 0 Å². The lowest BCUT2D eigenvalue weighted by molar-refractivity contribution is -0.116. The van der Waals surface area contributed by atoms with E-state index in [1.165, 1.54) is 19.3 Å². The van der Waals surface area contributed by atoms with E-state index in [-0.39, 0.29) is 5.91 Å². The molecule has 0 spiro atoms. The van der Waals surface area contributed by atoms with Crippen LogP contribution in [-0.4, -0.2) is 22.0 Å². The van der Waals surface area contributed by atoms with E-state index in [1.54, 1.807) is 0 Å². The van der Waals surface area contributed by atoms with Gasteiger partial charge >= 0.3 is 0 Å². The molecule has 1 aromatic carbocycles. The van der Waals surface area contributed by atoms with E-state index in [0.717, 1.165) is 23.9 Å². The highest BCUT2D eigenvalue weighted by Crippen LogP contribution is 2.34. The number of amides is 1. The van der Waals surface area contributed by atoms with Crippen LogP contribution in [0.25, 0.3) is 11.0 Å². The lowest BCUT2D eigenvalue weighted by Gasteiger charge is -2.25. The van der Waals surface area contributed by atoms with E-state index in [9.17, 15) is 4.79 Å². The topological polar surface area (TPSA) is 72.9 Å². The van der Waals surface area contributed by atoms with Gasteiger partial charge in [-0.05, 0) is 37.9 Å². The number of carbonyl (C=O) groups is 1. The number of hydrogen-bond donors (Lipinski definition) is 2. The molecule has 22 heavy (non-hydrogen) atoms. The Morgan fingerprint density at radius 3 is 2.82 bits per heavy atom. The molecule has 1 fully saturated rings. The van der Waals surface area contributed by atoms with Crippen molar-refractivity contribution in [2.45, 2.75) is 51.0 Å². The van der Waals surface area contributed by atoms with Crippen molar-refractivity contribution in [1.82, 2.24) is 9.55 Å². The fraction of sp³-hybridized carbons (Fsp3) is 0.529. The lowest BCUT2D eigenvalue weighted by atomic mass is 9.95. The molecule has 0 bridgehead atoms. The van der Waals surface area contributed by atoms with Crippen molar-refractivity contribution in [2.75, 3.05) is 11.9 Å². The van der Waals surface area contributed by atoms with Crippen LogP contribution in [0.5, 0.6) is 0 Å². The second kappa shape index (κ2) is 6.92. The first-order valence-electron chi connectivity index (χ1n) is 8.26. The summed E-state index contributed by atoms with van der Waals surface area (Å²) in [6.07, 6.45) is 7.27. The zero-order chi connectivity index (χ0) is 15.4. The van der Waals surface area contributed by atoms with Crippen molar-refractivity contribution < 1.29 is 4.79 Å². The molecule has 5 heteroatoms. The maximum absolute atomic E-state index is 12.1. The van der Waals surface area contributed by atoms with Crippen molar-refractivity contribution in [2.24, 2.45) is 5.73 Å². The summed E-state index contributed by atoms with van der Waals surface area (Å²) in [6, 6.07) is 8.55. The minimum Gasteiger partial charge on any atom is -0.330 e. The van der Waals surface area contributed by atoms with E-state index in [0.29, 0.717) is 31.4 Å². The first-order chi connectivity index (χ1) is 10.8. The molecule has 1 aromatic heterocycles. The number of rotatable bonds is 5. The van der Waals surface area contributed by atoms with Crippen molar-refractivity contribution >= 4 is 22.9 Å². The number of fused-ring (bicyclic) bond motifs is 1. The van der Waals surface area contributed by atoms with Gasteiger partial charge in [0.2, 0.25) is 11.9 Å². The van der Waals surface area contributed by atoms with Gasteiger partial charge in [0.15, 0.2) is 0 Å². The Bertz CT molecular complexity index is 643. The molecule has 0 saturated heterocycles. The van der Waals surface area contributed by atoms with E-state index in [4.69, 9.17) is 5.73 Å². The van der Waals surface area contributed by atoms with Crippen molar-refractivity contribution in [1.29, 1.82) is 0 Å². The van der Waals surface area contributed by atoms with Gasteiger partial charge in [-0.25, -0.2) is 4.98 Å². The number of benzene rings is 1. The number of anilines is 1. The molecule has 0 aliphatic heterocycles. The van der Waals surface area contributed by atoms with Crippen molar-refractivity contribution in [3.8, 4) is 0 Å². The predicted molar refractivity (Wildman–Crippen MR) is 88.8 cm³/mol. The molecule has 1 aliphatic carbocycles. The van der Waals surface area contributed by atoms with Crippen LogP contribution in [0.4, 0.5) is 5.95 Å². The van der Waals surface area contributed by atoms with Gasteiger partial charge in [0.05, 0.1) is 11.0 Å². The lowest BCUT2D eigenvalue weighted by Crippen LogP contribution is -2.20. The van der Waals surface area contributed by atoms with Crippen LogP contribution in [-0.2, 0) is 4.79 Å². The van der Waals surface area contributed by atoms with Gasteiger partial charge in [0, 0.05) is 12.5 Å². The molecular formula is C17H24N4O. The van der Waals surface area contributed by atoms with E-state index in [1.807, 2.05) is 18.2 Å². The van der Waals surface area contributed by atoms with Crippen LogP contribution in [0.3, 0.4) is 0 Å². The first-order valence-corrected chi connectivity index (χ1v) is 8.26. The highest BCUT2D eigenvalue weighted by atomic mass is 16.1. The zero-order valence-electron chi connectivity index (χ0n) is 12.9. The quantitative estimate of drug-likeness (QED) is 0.890. The molecule has 3 N–H and O–H groups in total. The first kappa shape index (κ1) is 15.0. The van der Waals surface area contributed by atoms with Gasteiger partial charge in [-0.1, -0.05) is 31.4 Å². The molecule has 118 valence electrons. The second-order valence-corrected chi connectivity index (χ2v) is 6.03. The molecule has 1 saturated carbocycles. The molecule has 5 nitrogen and oxygen atoms in total. The molecule has 0 unspecified atom stereocenters. The number of nitrogens with two attached hydrogens (primary N) is 1. The Hall–Kier alpha value is -1.88. The van der Waals surface area contributed by atoms with Crippen LogP contribution >= 0.6 is 0 Å². The smallest absolute Gasteiger partial charge is 0.226 e. The molecule has 1 aliphatic rings. The zero-order valence-corrected chi connectivity index (χ0v) is 12.9. The number of nitrogens with one attached hydrogen (secondary N) is 1. The highest BCUT2D eigenvalue weighted by molar-refractivity contribution is 5.91. The summed E-state index contributed by atoms with van der Waals surface area (Å²) in [5.41, 5.74) is 7.54. The van der Waals surface area contributed by atoms with E-state index in [2.05, 4.69) is 20.9 Å². The number of nitrogens with zero attached hydrogens (tertiary/aromatic N) is 2. The monoisotopic (exact) mass is 300 g/mol. The largest absolute Gasteiger partial charge is 0.330 e. The molecule has 2 aromatic rings. The van der Waals surface area contributed by atoms with E-state index >= 15 is 0 Å². The molecule has 1 heterocycles. The Balaban J connectivity index is 1.92. The second-order valence-electron chi connectivity index (χ2n) is 6.03. The minimum absolute atomic E-state index is 0.00202. The number of carbonyl (C=O) groups excluding carboxylic acids is 1. The SMILES string of the molecule is NCCCC(=O)Nc1nc2ccccc2n1C1CCCCC1. The van der Waals surface area contributed by atoms with Crippen LogP contribution in [0.2, 0.25) is 0 Å². The van der Waals surface area contributed by atoms with Gasteiger partial charge in [0.1, 0.15) is 0 Å². The maximum Gasteiger partial charge on any atom is 0.226 e. The highest BCUT2D eigenvalue weighted by Gasteiger charge is 2.22. The summed E-state index contributed by atoms with van der Waals surface area (Å²) >= 11 is 0. The average Bonchev–Trinajstić information content (AvgIpc) is 2.91. The van der Waals surface area contributed by atoms with Gasteiger partial charge in [-0.3, -0.25) is 10.1 Å². The number of para-hydroxylation sites is 2. The Morgan fingerprint density at radius 1 is 1.27 bits per heavy atom. The van der Waals surface area contributed by atoms with Crippen molar-refractivity contribution in [3.05, 3.63) is 24.3 Å². The number of hydrogen-bond acceptors (Lipinski definition) is 3. The molecular weight excluding hydrogens is 276 g/mol. The van der Waals surface area contributed by atoms with E-state index < -0.39 is 0 Å². The van der Waals surface area contributed by atoms with Gasteiger partial charge < -0.3 is 10.3 Å². The van der Waals surface area contributed by atoms with Crippen LogP contribution in [0.15, 0.2) is 24.3 Å². The molecule has 1 amide bonds. The fourth-order valence-corrected chi connectivity index (χ4v) is 3.29. The van der Waals surface area contributed by atoms with Crippen LogP contribution < -0.4 is 11.1 Å². The summed E-state index contributed by atoms with van der Waals surface area (Å²) in [7, 11) is 0. The predicted octanol–water partition coefficient (Wildman–Crippen LogP) is 3.22. The van der Waals surface area contributed by atoms with Gasteiger partial charge in [-0.2, -0.15) is 0 Å². The summed E-state index contributed by atoms with van der Waals surface area (Å²) in [5.74, 6) is 0.688. The minimum atomic E-state index is -0.00202. The third kappa shape index (κ3) is 3.14. The average molecular weight is 300 g/mol. The summed E-state index contributed by atoms with van der Waals surface area (Å²) in [4.78, 5) is 16.7. The fourth-order valence-electron chi connectivity index (χ4n) is 3.29. The third-order valence-electron chi connectivity index (χ3n) is 4.39. The number of imidazole rings is 1. The third-order valence-corrected chi connectivity index (χ3v) is 4.39. The Kier molecular flexibility index (Phi) is 4.73. The van der Waals surface area contributed by atoms with Crippen LogP contribution in [0, 0.1) is 0 Å². The normalized spacial score (nSPS) is 16.0. The molecule has 0 atom stereocenters. The van der Waals surface area contributed by atoms with Gasteiger partial charge in [-0.15, -0.1) is 0 Å². The molecule has 0 radical (unpaired) electrons. The van der Waals surface area contributed by atoms with Crippen molar-refractivity contribution in [3.63, 3.8) is 0 Å². The standard InChI is InChI=1S/C17H24N4O/c18-12-6-11-16(22)20-17-19-14-9-4-5-10-15(14)21(17)13-7-2-1-3-8-13/h4-5,9-10,13H,1-3,6-8,11-12,18H2,(H,19,20,22).